The molecule has 1 aliphatic rings. The lowest BCUT2D eigenvalue weighted by molar-refractivity contribution is 0.182. The van der Waals surface area contributed by atoms with Crippen molar-refractivity contribution < 1.29 is 4.74 Å². The predicted octanol–water partition coefficient (Wildman–Crippen LogP) is 4.66. The molecule has 0 radical (unpaired) electrons. The molecule has 0 saturated carbocycles. The fourth-order valence-electron chi connectivity index (χ4n) is 3.15. The molecule has 3 heteroatoms. The lowest BCUT2D eigenvalue weighted by Crippen LogP contribution is -2.35. The van der Waals surface area contributed by atoms with Crippen LogP contribution in [0.4, 0.5) is 5.69 Å². The van der Waals surface area contributed by atoms with E-state index in [1.807, 2.05) is 84.9 Å². The molecule has 0 fully saturated rings. The van der Waals surface area contributed by atoms with Crippen molar-refractivity contribution in [1.82, 2.24) is 0 Å². The van der Waals surface area contributed by atoms with E-state index < -0.39 is 5.60 Å². The summed E-state index contributed by atoms with van der Waals surface area (Å²) in [6.07, 6.45) is 4.36. The van der Waals surface area contributed by atoms with Gasteiger partial charge in [0.05, 0.1) is 0 Å². The monoisotopic (exact) mass is 402 g/mol. The minimum Gasteiger partial charge on any atom is -0.471 e. The third-order valence-corrected chi connectivity index (χ3v) is 4.80. The molecular formula is C28H22N2O. The Hall–Kier alpha value is -4.34. The van der Waals surface area contributed by atoms with Crippen LogP contribution in [0.25, 0.3) is 0 Å². The van der Waals surface area contributed by atoms with Crippen molar-refractivity contribution in [3.8, 4) is 29.4 Å². The molecule has 3 nitrogen and oxygen atoms in total. The first kappa shape index (κ1) is 20.0. The summed E-state index contributed by atoms with van der Waals surface area (Å²) >= 11 is 0. The van der Waals surface area contributed by atoms with Gasteiger partial charge >= 0.3 is 0 Å². The van der Waals surface area contributed by atoms with Gasteiger partial charge in [-0.2, -0.15) is 0 Å². The Balaban J connectivity index is 1.74. The molecule has 0 saturated heterocycles. The van der Waals surface area contributed by atoms with Gasteiger partial charge in [-0.05, 0) is 60.5 Å². The molecule has 3 aromatic rings. The SMILES string of the molecule is NC1=CCC(C#Cc2ccccc2)(Oc2ccc(N)cc2)C=C1C#Cc1ccccc1. The first-order valence-corrected chi connectivity index (χ1v) is 10.0. The van der Waals surface area contributed by atoms with Crippen LogP contribution in [-0.4, -0.2) is 5.60 Å². The van der Waals surface area contributed by atoms with Crippen LogP contribution in [-0.2, 0) is 0 Å². The summed E-state index contributed by atoms with van der Waals surface area (Å²) in [5.74, 6) is 13.6. The normalized spacial score (nSPS) is 17.2. The number of benzene rings is 3. The van der Waals surface area contributed by atoms with Crippen LogP contribution in [0.15, 0.2) is 108 Å². The van der Waals surface area contributed by atoms with Gasteiger partial charge in [0.1, 0.15) is 5.75 Å². The zero-order chi connectivity index (χ0) is 21.5. The third-order valence-electron chi connectivity index (χ3n) is 4.80. The zero-order valence-corrected chi connectivity index (χ0v) is 17.0. The van der Waals surface area contributed by atoms with Crippen LogP contribution in [0.2, 0.25) is 0 Å². The average Bonchev–Trinajstić information content (AvgIpc) is 2.81. The average molecular weight is 402 g/mol. The van der Waals surface area contributed by atoms with E-state index in [1.165, 1.54) is 0 Å². The molecule has 31 heavy (non-hydrogen) atoms. The fourth-order valence-corrected chi connectivity index (χ4v) is 3.15. The molecule has 4 rings (SSSR count). The molecule has 0 amide bonds. The highest BCUT2D eigenvalue weighted by Gasteiger charge is 2.31. The molecule has 3 aromatic carbocycles. The van der Waals surface area contributed by atoms with Crippen LogP contribution in [0, 0.1) is 23.7 Å². The van der Waals surface area contributed by atoms with Crippen LogP contribution < -0.4 is 16.2 Å². The van der Waals surface area contributed by atoms with Gasteiger partial charge in [0.15, 0.2) is 5.60 Å². The van der Waals surface area contributed by atoms with E-state index in [4.69, 9.17) is 16.2 Å². The highest BCUT2D eigenvalue weighted by Crippen LogP contribution is 2.30. The zero-order valence-electron chi connectivity index (χ0n) is 17.0. The van der Waals surface area contributed by atoms with Crippen molar-refractivity contribution in [2.75, 3.05) is 5.73 Å². The molecular weight excluding hydrogens is 380 g/mol. The molecule has 0 aliphatic heterocycles. The second-order valence-electron chi connectivity index (χ2n) is 7.21. The summed E-state index contributed by atoms with van der Waals surface area (Å²) in [6, 6.07) is 26.9. The summed E-state index contributed by atoms with van der Waals surface area (Å²) in [4.78, 5) is 0. The topological polar surface area (TPSA) is 61.3 Å². The molecule has 4 N–H and O–H groups in total. The van der Waals surface area contributed by atoms with Crippen LogP contribution >= 0.6 is 0 Å². The fraction of sp³-hybridized carbons (Fsp3) is 0.0714. The molecule has 150 valence electrons. The number of anilines is 1. The number of ether oxygens (including phenoxy) is 1. The Morgan fingerprint density at radius 3 is 1.97 bits per heavy atom. The molecule has 0 spiro atoms. The summed E-state index contributed by atoms with van der Waals surface area (Å²) < 4.78 is 6.38. The number of nitrogens with two attached hydrogens (primary N) is 2. The Labute approximate surface area is 183 Å². The van der Waals surface area contributed by atoms with E-state index >= 15 is 0 Å². The van der Waals surface area contributed by atoms with Gasteiger partial charge in [0, 0.05) is 34.5 Å². The van der Waals surface area contributed by atoms with E-state index in [1.54, 1.807) is 12.1 Å². The predicted molar refractivity (Wildman–Crippen MR) is 126 cm³/mol. The highest BCUT2D eigenvalue weighted by atomic mass is 16.5. The van der Waals surface area contributed by atoms with Crippen LogP contribution in [0.1, 0.15) is 17.5 Å². The van der Waals surface area contributed by atoms with E-state index in [9.17, 15) is 0 Å². The third kappa shape index (κ3) is 5.18. The summed E-state index contributed by atoms with van der Waals surface area (Å²) in [5, 5.41) is 0. The maximum atomic E-state index is 6.38. The van der Waals surface area contributed by atoms with Gasteiger partial charge in [0.25, 0.3) is 0 Å². The first-order valence-electron chi connectivity index (χ1n) is 10.0. The smallest absolute Gasteiger partial charge is 0.193 e. The second kappa shape index (κ2) is 8.99. The van der Waals surface area contributed by atoms with Crippen molar-refractivity contribution in [1.29, 1.82) is 0 Å². The number of rotatable bonds is 2. The Morgan fingerprint density at radius 2 is 1.32 bits per heavy atom. The maximum absolute atomic E-state index is 6.38. The molecule has 0 aromatic heterocycles. The van der Waals surface area contributed by atoms with Gasteiger partial charge < -0.3 is 16.2 Å². The van der Waals surface area contributed by atoms with E-state index in [0.29, 0.717) is 29.1 Å². The summed E-state index contributed by atoms with van der Waals surface area (Å²) in [6.45, 7) is 0. The maximum Gasteiger partial charge on any atom is 0.193 e. The summed E-state index contributed by atoms with van der Waals surface area (Å²) in [7, 11) is 0. The standard InChI is InChI=1S/C28H22N2O/c29-25-13-15-26(16-14-25)31-28(19-17-23-9-5-2-6-10-23)20-18-27(30)24(21-28)12-11-22-7-3-1-4-8-22/h1-10,13-16,18,21H,20,29-30H2. The number of hydrogen-bond donors (Lipinski definition) is 2. The number of nitrogen functional groups attached to an aromatic ring is 1. The van der Waals surface area contributed by atoms with E-state index in [2.05, 4.69) is 23.7 Å². The van der Waals surface area contributed by atoms with E-state index in [-0.39, 0.29) is 0 Å². The highest BCUT2D eigenvalue weighted by molar-refractivity contribution is 5.55. The van der Waals surface area contributed by atoms with Gasteiger partial charge in [-0.3, -0.25) is 0 Å². The quantitative estimate of drug-likeness (QED) is 0.484. The Kier molecular flexibility index (Phi) is 5.79. The molecule has 1 aliphatic carbocycles. The molecule has 1 atom stereocenters. The van der Waals surface area contributed by atoms with Crippen LogP contribution in [0.5, 0.6) is 5.75 Å². The van der Waals surface area contributed by atoms with Crippen molar-refractivity contribution in [2.45, 2.75) is 12.0 Å². The lowest BCUT2D eigenvalue weighted by Gasteiger charge is -2.29. The van der Waals surface area contributed by atoms with Crippen molar-refractivity contribution in [2.24, 2.45) is 5.73 Å². The van der Waals surface area contributed by atoms with Gasteiger partial charge in [-0.15, -0.1) is 0 Å². The largest absolute Gasteiger partial charge is 0.471 e. The minimum absolute atomic E-state index is 0.513. The van der Waals surface area contributed by atoms with Crippen LogP contribution in [0.3, 0.4) is 0 Å². The molecule has 0 heterocycles. The van der Waals surface area contributed by atoms with Gasteiger partial charge in [-0.1, -0.05) is 60.2 Å². The molecule has 0 bridgehead atoms. The molecule has 1 unspecified atom stereocenters. The van der Waals surface area contributed by atoms with Crippen molar-refractivity contribution in [3.05, 3.63) is 119 Å². The Morgan fingerprint density at radius 1 is 0.710 bits per heavy atom. The van der Waals surface area contributed by atoms with Gasteiger partial charge in [0.2, 0.25) is 0 Å². The minimum atomic E-state index is -0.893. The van der Waals surface area contributed by atoms with Gasteiger partial charge in [-0.25, -0.2) is 0 Å². The summed E-state index contributed by atoms with van der Waals surface area (Å²) in [5.41, 5.74) is 15.0. The second-order valence-corrected chi connectivity index (χ2v) is 7.21. The van der Waals surface area contributed by atoms with Crippen molar-refractivity contribution >= 4 is 5.69 Å². The number of allylic oxidation sites excluding steroid dienone is 1. The Bertz CT molecular complexity index is 1230. The van der Waals surface area contributed by atoms with E-state index in [0.717, 1.165) is 11.1 Å². The number of hydrogen-bond acceptors (Lipinski definition) is 3. The van der Waals surface area contributed by atoms with Crippen molar-refractivity contribution in [3.63, 3.8) is 0 Å². The first-order chi connectivity index (χ1) is 15.1. The lowest BCUT2D eigenvalue weighted by atomic mass is 9.89.